The highest BCUT2D eigenvalue weighted by atomic mass is 79.9. The number of hydrogen-bond donors (Lipinski definition) is 1. The highest BCUT2D eigenvalue weighted by molar-refractivity contribution is 9.10. The maximum atomic E-state index is 13.3. The lowest BCUT2D eigenvalue weighted by molar-refractivity contribution is 0.102. The Bertz CT molecular complexity index is 1010. The van der Waals surface area contributed by atoms with E-state index in [0.717, 1.165) is 27.2 Å². The molecule has 8 heteroatoms. The van der Waals surface area contributed by atoms with Gasteiger partial charge in [-0.3, -0.25) is 4.79 Å². The van der Waals surface area contributed by atoms with Gasteiger partial charge in [0.25, 0.3) is 5.91 Å². The average Bonchev–Trinajstić information content (AvgIpc) is 3.20. The zero-order valence-corrected chi connectivity index (χ0v) is 16.5. The minimum atomic E-state index is -0.324. The van der Waals surface area contributed by atoms with E-state index in [4.69, 9.17) is 11.6 Å². The molecule has 4 rings (SSSR count). The van der Waals surface area contributed by atoms with Crippen LogP contribution in [0, 0.1) is 5.82 Å². The highest BCUT2D eigenvalue weighted by Crippen LogP contribution is 2.36. The zero-order chi connectivity index (χ0) is 18.3. The molecule has 1 N–H and O–H groups in total. The van der Waals surface area contributed by atoms with Crippen LogP contribution in [-0.4, -0.2) is 15.7 Å². The van der Waals surface area contributed by atoms with Crippen LogP contribution < -0.4 is 5.32 Å². The van der Waals surface area contributed by atoms with Crippen molar-refractivity contribution in [1.82, 2.24) is 9.78 Å². The Kier molecular flexibility index (Phi) is 4.77. The maximum Gasteiger partial charge on any atom is 0.258 e. The Labute approximate surface area is 166 Å². The van der Waals surface area contributed by atoms with Gasteiger partial charge in [-0.15, -0.1) is 0 Å². The van der Waals surface area contributed by atoms with Gasteiger partial charge in [0, 0.05) is 21.5 Å². The van der Waals surface area contributed by atoms with Gasteiger partial charge in [-0.05, 0) is 42.5 Å². The topological polar surface area (TPSA) is 46.9 Å². The van der Waals surface area contributed by atoms with Crippen molar-refractivity contribution < 1.29 is 9.18 Å². The van der Waals surface area contributed by atoms with E-state index < -0.39 is 0 Å². The summed E-state index contributed by atoms with van der Waals surface area (Å²) >= 11 is 11.3. The lowest BCUT2D eigenvalue weighted by atomic mass is 10.2. The van der Waals surface area contributed by atoms with Crippen LogP contribution >= 0.6 is 39.3 Å². The third-order valence-electron chi connectivity index (χ3n) is 4.03. The second kappa shape index (κ2) is 7.06. The average molecular weight is 453 g/mol. The Morgan fingerprint density at radius 3 is 2.77 bits per heavy atom. The van der Waals surface area contributed by atoms with E-state index in [1.165, 1.54) is 12.1 Å². The molecule has 0 spiro atoms. The van der Waals surface area contributed by atoms with Gasteiger partial charge in [0.1, 0.15) is 11.6 Å². The van der Waals surface area contributed by atoms with Gasteiger partial charge in [0.05, 0.1) is 22.0 Å². The molecule has 0 bridgehead atoms. The van der Waals surface area contributed by atoms with E-state index in [9.17, 15) is 9.18 Å². The minimum absolute atomic E-state index is 0.320. The van der Waals surface area contributed by atoms with Crippen molar-refractivity contribution in [3.63, 3.8) is 0 Å². The largest absolute Gasteiger partial charge is 0.306 e. The van der Waals surface area contributed by atoms with Crippen molar-refractivity contribution in [1.29, 1.82) is 0 Å². The monoisotopic (exact) mass is 451 g/mol. The standard InChI is InChI=1S/C18H12BrClFN3OS/c19-10-1-6-15(20)13(7-10)18(25)22-17-14-8-26-9-16(14)23-24(17)12-4-2-11(21)3-5-12/h1-7H,8-9H2,(H,22,25). The summed E-state index contributed by atoms with van der Waals surface area (Å²) < 4.78 is 15.7. The molecule has 3 aromatic rings. The number of benzene rings is 2. The van der Waals surface area contributed by atoms with E-state index >= 15 is 0 Å². The summed E-state index contributed by atoms with van der Waals surface area (Å²) in [5.41, 5.74) is 2.96. The van der Waals surface area contributed by atoms with Gasteiger partial charge in [-0.1, -0.05) is 27.5 Å². The molecule has 2 heterocycles. The summed E-state index contributed by atoms with van der Waals surface area (Å²) in [6, 6.07) is 11.1. The molecule has 1 aromatic heterocycles. The summed E-state index contributed by atoms with van der Waals surface area (Å²) in [7, 11) is 0. The molecule has 26 heavy (non-hydrogen) atoms. The number of carbonyl (C=O) groups excluding carboxylic acids is 1. The van der Waals surface area contributed by atoms with E-state index in [2.05, 4.69) is 26.3 Å². The molecule has 1 aliphatic rings. The predicted molar refractivity (Wildman–Crippen MR) is 106 cm³/mol. The first-order valence-electron chi connectivity index (χ1n) is 7.74. The molecule has 132 valence electrons. The SMILES string of the molecule is O=C(Nc1c2c(nn1-c1ccc(F)cc1)CSC2)c1cc(Br)ccc1Cl. The first-order chi connectivity index (χ1) is 12.5. The van der Waals surface area contributed by atoms with Crippen molar-refractivity contribution in [3.8, 4) is 5.69 Å². The Morgan fingerprint density at radius 1 is 1.23 bits per heavy atom. The number of carbonyl (C=O) groups is 1. The van der Waals surface area contributed by atoms with Crippen LogP contribution in [0.5, 0.6) is 0 Å². The third-order valence-corrected chi connectivity index (χ3v) is 5.82. The molecule has 0 unspecified atom stereocenters. The van der Waals surface area contributed by atoms with Crippen LogP contribution in [0.2, 0.25) is 5.02 Å². The minimum Gasteiger partial charge on any atom is -0.306 e. The van der Waals surface area contributed by atoms with Gasteiger partial charge in [0.15, 0.2) is 0 Å². The lowest BCUT2D eigenvalue weighted by Crippen LogP contribution is -2.16. The fourth-order valence-electron chi connectivity index (χ4n) is 2.76. The summed E-state index contributed by atoms with van der Waals surface area (Å²) in [4.78, 5) is 12.8. The second-order valence-electron chi connectivity index (χ2n) is 5.73. The van der Waals surface area contributed by atoms with Crippen molar-refractivity contribution in [3.05, 3.63) is 74.6 Å². The van der Waals surface area contributed by atoms with Gasteiger partial charge in [-0.2, -0.15) is 16.9 Å². The fraction of sp³-hybridized carbons (Fsp3) is 0.111. The summed E-state index contributed by atoms with van der Waals surface area (Å²) in [5.74, 6) is 1.50. The summed E-state index contributed by atoms with van der Waals surface area (Å²) in [5, 5.41) is 7.90. The quantitative estimate of drug-likeness (QED) is 0.577. The number of amides is 1. The number of fused-ring (bicyclic) bond motifs is 1. The first-order valence-corrected chi connectivity index (χ1v) is 10.1. The van der Waals surface area contributed by atoms with Crippen LogP contribution in [0.25, 0.3) is 5.69 Å². The Morgan fingerprint density at radius 2 is 2.00 bits per heavy atom. The zero-order valence-electron chi connectivity index (χ0n) is 13.3. The van der Waals surface area contributed by atoms with Crippen LogP contribution in [0.4, 0.5) is 10.2 Å². The predicted octanol–water partition coefficient (Wildman–Crippen LogP) is 5.43. The number of halogens is 3. The van der Waals surface area contributed by atoms with Crippen LogP contribution in [-0.2, 0) is 11.5 Å². The lowest BCUT2D eigenvalue weighted by Gasteiger charge is -2.12. The number of nitrogens with zero attached hydrogens (tertiary/aromatic N) is 2. The molecule has 1 amide bonds. The summed E-state index contributed by atoms with van der Waals surface area (Å²) in [6.07, 6.45) is 0. The molecule has 2 aromatic carbocycles. The molecule has 1 aliphatic heterocycles. The maximum absolute atomic E-state index is 13.3. The normalized spacial score (nSPS) is 12.9. The van der Waals surface area contributed by atoms with Crippen molar-refractivity contribution >= 4 is 51.0 Å². The van der Waals surface area contributed by atoms with E-state index in [1.807, 2.05) is 0 Å². The molecule has 0 saturated carbocycles. The number of hydrogen-bond acceptors (Lipinski definition) is 3. The van der Waals surface area contributed by atoms with Gasteiger partial charge < -0.3 is 5.32 Å². The Balaban J connectivity index is 1.75. The number of aromatic nitrogens is 2. The van der Waals surface area contributed by atoms with Crippen molar-refractivity contribution in [2.45, 2.75) is 11.5 Å². The molecule has 0 radical (unpaired) electrons. The summed E-state index contributed by atoms with van der Waals surface area (Å²) in [6.45, 7) is 0. The van der Waals surface area contributed by atoms with E-state index in [1.54, 1.807) is 46.8 Å². The molecule has 0 fully saturated rings. The van der Waals surface area contributed by atoms with Crippen LogP contribution in [0.15, 0.2) is 46.9 Å². The van der Waals surface area contributed by atoms with E-state index in [-0.39, 0.29) is 11.7 Å². The van der Waals surface area contributed by atoms with Gasteiger partial charge >= 0.3 is 0 Å². The smallest absolute Gasteiger partial charge is 0.258 e. The molecule has 0 aliphatic carbocycles. The Hall–Kier alpha value is -1.83. The van der Waals surface area contributed by atoms with Gasteiger partial charge in [-0.25, -0.2) is 9.07 Å². The number of thioether (sulfide) groups is 1. The molecule has 0 atom stereocenters. The molecule has 0 saturated heterocycles. The van der Waals surface area contributed by atoms with Crippen molar-refractivity contribution in [2.75, 3.05) is 5.32 Å². The highest BCUT2D eigenvalue weighted by Gasteiger charge is 2.25. The van der Waals surface area contributed by atoms with Crippen LogP contribution in [0.1, 0.15) is 21.6 Å². The molecular weight excluding hydrogens is 441 g/mol. The van der Waals surface area contributed by atoms with Crippen LogP contribution in [0.3, 0.4) is 0 Å². The fourth-order valence-corrected chi connectivity index (χ4v) is 4.36. The number of anilines is 1. The third kappa shape index (κ3) is 3.26. The number of nitrogens with one attached hydrogen (secondary N) is 1. The van der Waals surface area contributed by atoms with Gasteiger partial charge in [0.2, 0.25) is 0 Å². The molecule has 4 nitrogen and oxygen atoms in total. The number of rotatable bonds is 3. The second-order valence-corrected chi connectivity index (χ2v) is 8.04. The molecular formula is C18H12BrClFN3OS. The van der Waals surface area contributed by atoms with E-state index in [0.29, 0.717) is 22.1 Å². The van der Waals surface area contributed by atoms with Crippen molar-refractivity contribution in [2.24, 2.45) is 0 Å². The first kappa shape index (κ1) is 17.6.